The van der Waals surface area contributed by atoms with Crippen LogP contribution in [0, 0.1) is 16.7 Å². The molecular formula is C10H19NO. The van der Waals surface area contributed by atoms with Crippen LogP contribution >= 0.6 is 0 Å². The van der Waals surface area contributed by atoms with Crippen LogP contribution in [0.15, 0.2) is 0 Å². The number of nitrogens with two attached hydrogens (primary N) is 1. The zero-order chi connectivity index (χ0) is 9.15. The summed E-state index contributed by atoms with van der Waals surface area (Å²) in [5.41, 5.74) is 6.27. The van der Waals surface area contributed by atoms with Crippen molar-refractivity contribution in [1.82, 2.24) is 0 Å². The van der Waals surface area contributed by atoms with Crippen LogP contribution in [-0.4, -0.2) is 17.3 Å². The fourth-order valence-corrected chi connectivity index (χ4v) is 3.41. The molecule has 2 heteroatoms. The molecule has 2 fully saturated rings. The third-order valence-corrected chi connectivity index (χ3v) is 4.86. The molecule has 2 saturated carbocycles. The van der Waals surface area contributed by atoms with Gasteiger partial charge in [0.05, 0.1) is 6.10 Å². The highest BCUT2D eigenvalue weighted by Crippen LogP contribution is 2.64. The number of rotatable bonds is 0. The van der Waals surface area contributed by atoms with E-state index in [9.17, 15) is 5.11 Å². The fraction of sp³-hybridized carbons (Fsp3) is 1.00. The zero-order valence-electron chi connectivity index (χ0n) is 8.17. The first-order chi connectivity index (χ1) is 5.41. The van der Waals surface area contributed by atoms with Gasteiger partial charge in [0, 0.05) is 11.5 Å². The second-order valence-electron chi connectivity index (χ2n) is 5.31. The van der Waals surface area contributed by atoms with Gasteiger partial charge in [-0.2, -0.15) is 0 Å². The van der Waals surface area contributed by atoms with Crippen LogP contribution in [0.3, 0.4) is 0 Å². The van der Waals surface area contributed by atoms with Crippen LogP contribution < -0.4 is 5.73 Å². The van der Waals surface area contributed by atoms with Crippen molar-refractivity contribution < 1.29 is 5.11 Å². The van der Waals surface area contributed by atoms with Crippen LogP contribution in [0.25, 0.3) is 0 Å². The molecule has 0 radical (unpaired) electrons. The third-order valence-electron chi connectivity index (χ3n) is 4.86. The predicted molar refractivity (Wildman–Crippen MR) is 48.6 cm³/mol. The SMILES string of the molecule is CC1(C)C2CCC1(C)C(O)C2N. The van der Waals surface area contributed by atoms with Crippen molar-refractivity contribution in [3.05, 3.63) is 0 Å². The van der Waals surface area contributed by atoms with E-state index in [0.29, 0.717) is 5.92 Å². The minimum absolute atomic E-state index is 0.0127. The maximum absolute atomic E-state index is 9.96. The van der Waals surface area contributed by atoms with E-state index in [1.54, 1.807) is 0 Å². The van der Waals surface area contributed by atoms with Gasteiger partial charge in [0.15, 0.2) is 0 Å². The van der Waals surface area contributed by atoms with E-state index in [-0.39, 0.29) is 23.0 Å². The van der Waals surface area contributed by atoms with Gasteiger partial charge in [0.25, 0.3) is 0 Å². The van der Waals surface area contributed by atoms with Crippen molar-refractivity contribution in [1.29, 1.82) is 0 Å². The van der Waals surface area contributed by atoms with E-state index in [4.69, 9.17) is 5.73 Å². The Morgan fingerprint density at radius 3 is 2.17 bits per heavy atom. The minimum Gasteiger partial charge on any atom is -0.391 e. The molecule has 0 aliphatic heterocycles. The second-order valence-corrected chi connectivity index (χ2v) is 5.31. The van der Waals surface area contributed by atoms with Crippen LogP contribution in [0.4, 0.5) is 0 Å². The molecule has 2 nitrogen and oxygen atoms in total. The third kappa shape index (κ3) is 0.647. The lowest BCUT2D eigenvalue weighted by molar-refractivity contribution is 0.00582. The number of aliphatic hydroxyl groups excluding tert-OH is 1. The van der Waals surface area contributed by atoms with Gasteiger partial charge in [0.2, 0.25) is 0 Å². The lowest BCUT2D eigenvalue weighted by Crippen LogP contribution is -2.43. The summed E-state index contributed by atoms with van der Waals surface area (Å²) >= 11 is 0. The normalized spacial score (nSPS) is 56.2. The first-order valence-corrected chi connectivity index (χ1v) is 4.85. The van der Waals surface area contributed by atoms with Gasteiger partial charge in [-0.3, -0.25) is 0 Å². The minimum atomic E-state index is -0.286. The topological polar surface area (TPSA) is 46.2 Å². The van der Waals surface area contributed by atoms with E-state index in [1.807, 2.05) is 0 Å². The molecule has 3 N–H and O–H groups in total. The molecular weight excluding hydrogens is 150 g/mol. The fourth-order valence-electron chi connectivity index (χ4n) is 3.41. The quantitative estimate of drug-likeness (QED) is 0.571. The van der Waals surface area contributed by atoms with E-state index in [2.05, 4.69) is 20.8 Å². The lowest BCUT2D eigenvalue weighted by Gasteiger charge is -2.36. The van der Waals surface area contributed by atoms with Crippen LogP contribution in [0.2, 0.25) is 0 Å². The summed E-state index contributed by atoms with van der Waals surface area (Å²) in [4.78, 5) is 0. The maximum Gasteiger partial charge on any atom is 0.0752 e. The van der Waals surface area contributed by atoms with Crippen molar-refractivity contribution in [2.24, 2.45) is 22.5 Å². The highest BCUT2D eigenvalue weighted by Gasteiger charge is 2.64. The summed E-state index contributed by atoms with van der Waals surface area (Å²) in [6.07, 6.45) is 2.05. The number of hydrogen-bond acceptors (Lipinski definition) is 2. The largest absolute Gasteiger partial charge is 0.391 e. The monoisotopic (exact) mass is 169 g/mol. The van der Waals surface area contributed by atoms with Gasteiger partial charge in [-0.05, 0) is 24.2 Å². The van der Waals surface area contributed by atoms with E-state index in [0.717, 1.165) is 6.42 Å². The van der Waals surface area contributed by atoms with Crippen molar-refractivity contribution in [3.63, 3.8) is 0 Å². The molecule has 0 aromatic heterocycles. The second kappa shape index (κ2) is 2.05. The van der Waals surface area contributed by atoms with Crippen molar-refractivity contribution in [2.75, 3.05) is 0 Å². The zero-order valence-corrected chi connectivity index (χ0v) is 8.17. The predicted octanol–water partition coefficient (Wildman–Crippen LogP) is 1.13. The first-order valence-electron chi connectivity index (χ1n) is 4.85. The molecule has 0 spiro atoms. The molecule has 70 valence electrons. The van der Waals surface area contributed by atoms with Gasteiger partial charge in [-0.25, -0.2) is 0 Å². The van der Waals surface area contributed by atoms with Gasteiger partial charge in [0.1, 0.15) is 0 Å². The summed E-state index contributed by atoms with van der Waals surface area (Å²) in [5, 5.41) is 9.96. The molecule has 2 rings (SSSR count). The molecule has 2 aliphatic rings. The Balaban J connectivity index is 2.44. The smallest absolute Gasteiger partial charge is 0.0752 e. The molecule has 4 unspecified atom stereocenters. The summed E-state index contributed by atoms with van der Waals surface area (Å²) in [7, 11) is 0. The Morgan fingerprint density at radius 2 is 1.92 bits per heavy atom. The van der Waals surface area contributed by atoms with Gasteiger partial charge in [-0.15, -0.1) is 0 Å². The van der Waals surface area contributed by atoms with E-state index in [1.165, 1.54) is 6.42 Å². The average Bonchev–Trinajstić information content (AvgIpc) is 2.26. The summed E-state index contributed by atoms with van der Waals surface area (Å²) < 4.78 is 0. The molecule has 2 aliphatic carbocycles. The van der Waals surface area contributed by atoms with Crippen LogP contribution in [0.1, 0.15) is 33.6 Å². The molecule has 0 amide bonds. The number of aliphatic hydroxyl groups is 1. The molecule has 0 saturated heterocycles. The van der Waals surface area contributed by atoms with Crippen molar-refractivity contribution in [3.8, 4) is 0 Å². The molecule has 12 heavy (non-hydrogen) atoms. The molecule has 4 atom stereocenters. The van der Waals surface area contributed by atoms with Crippen LogP contribution in [0.5, 0.6) is 0 Å². The van der Waals surface area contributed by atoms with Gasteiger partial charge in [-0.1, -0.05) is 20.8 Å². The maximum atomic E-state index is 9.96. The summed E-state index contributed by atoms with van der Waals surface area (Å²) in [6.45, 7) is 6.69. The molecule has 0 heterocycles. The summed E-state index contributed by atoms with van der Waals surface area (Å²) in [6, 6.07) is 0.0127. The Labute approximate surface area is 74.1 Å². The Morgan fingerprint density at radius 1 is 1.33 bits per heavy atom. The number of hydrogen-bond donors (Lipinski definition) is 2. The lowest BCUT2D eigenvalue weighted by atomic mass is 9.70. The van der Waals surface area contributed by atoms with E-state index >= 15 is 0 Å². The van der Waals surface area contributed by atoms with E-state index < -0.39 is 0 Å². The molecule has 0 aromatic carbocycles. The first kappa shape index (κ1) is 8.52. The molecule has 2 bridgehead atoms. The van der Waals surface area contributed by atoms with Crippen molar-refractivity contribution in [2.45, 2.75) is 45.8 Å². The molecule has 0 aromatic rings. The van der Waals surface area contributed by atoms with Gasteiger partial charge < -0.3 is 10.8 Å². The van der Waals surface area contributed by atoms with Crippen LogP contribution in [-0.2, 0) is 0 Å². The van der Waals surface area contributed by atoms with Crippen molar-refractivity contribution >= 4 is 0 Å². The highest BCUT2D eigenvalue weighted by molar-refractivity contribution is 5.16. The Kier molecular flexibility index (Phi) is 1.45. The number of fused-ring (bicyclic) bond motifs is 2. The standard InChI is InChI=1S/C10H19NO/c1-9(2)6-4-5-10(9,3)8(12)7(6)11/h6-8,12H,4-5,11H2,1-3H3. The average molecular weight is 169 g/mol. The Bertz CT molecular complexity index is 214. The summed E-state index contributed by atoms with van der Waals surface area (Å²) in [5.74, 6) is 0.525. The Hall–Kier alpha value is -0.0800. The highest BCUT2D eigenvalue weighted by atomic mass is 16.3. The van der Waals surface area contributed by atoms with Gasteiger partial charge >= 0.3 is 0 Å².